The lowest BCUT2D eigenvalue weighted by Gasteiger charge is -2.25. The number of benzene rings is 3. The van der Waals surface area contributed by atoms with Gasteiger partial charge in [0.2, 0.25) is 0 Å². The molecule has 5 nitrogen and oxygen atoms in total. The molecule has 1 atom stereocenters. The van der Waals surface area contributed by atoms with E-state index in [-0.39, 0.29) is 11.3 Å². The third kappa shape index (κ3) is 3.72. The minimum atomic E-state index is -0.652. The van der Waals surface area contributed by atoms with Crippen LogP contribution in [-0.4, -0.2) is 33.2 Å². The van der Waals surface area contributed by atoms with Crippen LogP contribution in [0.25, 0.3) is 16.7 Å². The zero-order valence-electron chi connectivity index (χ0n) is 18.3. The van der Waals surface area contributed by atoms with Crippen LogP contribution in [0, 0.1) is 6.92 Å². The van der Waals surface area contributed by atoms with E-state index in [0.29, 0.717) is 18.5 Å². The lowest BCUT2D eigenvalue weighted by molar-refractivity contribution is -0.139. The quantitative estimate of drug-likeness (QED) is 0.258. The molecule has 1 aromatic heterocycles. The van der Waals surface area contributed by atoms with E-state index in [1.54, 1.807) is 29.2 Å². The summed E-state index contributed by atoms with van der Waals surface area (Å²) in [7, 11) is 0. The number of para-hydroxylation sites is 1. The molecule has 5 rings (SSSR count). The van der Waals surface area contributed by atoms with Crippen LogP contribution in [0.5, 0.6) is 0 Å². The van der Waals surface area contributed by atoms with Gasteiger partial charge in [-0.05, 0) is 30.5 Å². The summed E-state index contributed by atoms with van der Waals surface area (Å²) in [6, 6.07) is 24.0. The molecule has 2 N–H and O–H groups in total. The normalized spacial score (nSPS) is 17.7. The van der Waals surface area contributed by atoms with Crippen molar-refractivity contribution in [3.8, 4) is 0 Å². The van der Waals surface area contributed by atoms with Crippen molar-refractivity contribution in [2.24, 2.45) is 0 Å². The van der Waals surface area contributed by atoms with Crippen molar-refractivity contribution >= 4 is 28.4 Å². The van der Waals surface area contributed by atoms with E-state index in [9.17, 15) is 14.7 Å². The number of aromatic amines is 1. The number of carbonyl (C=O) groups excluding carboxylic acids is 2. The second-order valence-electron chi connectivity index (χ2n) is 8.38. The zero-order valence-corrected chi connectivity index (χ0v) is 18.3. The van der Waals surface area contributed by atoms with Crippen LogP contribution in [0.15, 0.2) is 90.6 Å². The van der Waals surface area contributed by atoms with Crippen LogP contribution < -0.4 is 0 Å². The van der Waals surface area contributed by atoms with Gasteiger partial charge in [-0.25, -0.2) is 0 Å². The third-order valence-electron chi connectivity index (χ3n) is 6.28. The van der Waals surface area contributed by atoms with Crippen LogP contribution in [0.4, 0.5) is 0 Å². The van der Waals surface area contributed by atoms with E-state index in [1.807, 2.05) is 67.7 Å². The molecule has 5 heteroatoms. The van der Waals surface area contributed by atoms with E-state index in [0.717, 1.165) is 27.6 Å². The third-order valence-corrected chi connectivity index (χ3v) is 6.28. The van der Waals surface area contributed by atoms with Crippen molar-refractivity contribution in [2.75, 3.05) is 6.54 Å². The molecule has 1 amide bonds. The fraction of sp³-hybridized carbons (Fsp3) is 0.143. The number of aliphatic hydroxyl groups is 1. The Morgan fingerprint density at radius 2 is 1.64 bits per heavy atom. The Balaban J connectivity index is 1.56. The van der Waals surface area contributed by atoms with Crippen molar-refractivity contribution in [2.45, 2.75) is 19.4 Å². The number of ketones is 1. The lowest BCUT2D eigenvalue weighted by atomic mass is 9.94. The standard InChI is InChI=1S/C28H24N2O3/c1-18-11-13-19(14-12-18)25-24(26(31)20-7-3-2-4-8-20)27(32)28(33)30(25)16-15-21-17-29-23-10-6-5-9-22(21)23/h2-14,17,25,29,31H,15-16H2,1H3. The Labute approximate surface area is 192 Å². The topological polar surface area (TPSA) is 73.4 Å². The second-order valence-corrected chi connectivity index (χ2v) is 8.38. The summed E-state index contributed by atoms with van der Waals surface area (Å²) in [5.41, 5.74) is 4.65. The molecule has 0 radical (unpaired) electrons. The Morgan fingerprint density at radius 1 is 0.939 bits per heavy atom. The van der Waals surface area contributed by atoms with Gasteiger partial charge in [0.1, 0.15) is 5.76 Å². The van der Waals surface area contributed by atoms with Crippen LogP contribution in [-0.2, 0) is 16.0 Å². The molecule has 1 fully saturated rings. The Kier molecular flexibility index (Phi) is 5.31. The highest BCUT2D eigenvalue weighted by Crippen LogP contribution is 2.39. The van der Waals surface area contributed by atoms with Crippen LogP contribution in [0.3, 0.4) is 0 Å². The molecule has 1 unspecified atom stereocenters. The molecular weight excluding hydrogens is 412 g/mol. The molecular formula is C28H24N2O3. The largest absolute Gasteiger partial charge is 0.507 e. The fourth-order valence-corrected chi connectivity index (χ4v) is 4.54. The van der Waals surface area contributed by atoms with Crippen LogP contribution in [0.1, 0.15) is 28.3 Å². The smallest absolute Gasteiger partial charge is 0.295 e. The SMILES string of the molecule is Cc1ccc(C2C(=C(O)c3ccccc3)C(=O)C(=O)N2CCc2c[nH]c3ccccc23)cc1. The summed E-state index contributed by atoms with van der Waals surface area (Å²) in [5, 5.41) is 12.2. The van der Waals surface area contributed by atoms with Gasteiger partial charge in [-0.2, -0.15) is 0 Å². The second kappa shape index (κ2) is 8.43. The first-order valence-corrected chi connectivity index (χ1v) is 11.0. The summed E-state index contributed by atoms with van der Waals surface area (Å²) in [5.74, 6) is -1.38. The first kappa shape index (κ1) is 20.8. The maximum Gasteiger partial charge on any atom is 0.295 e. The number of aryl methyl sites for hydroxylation is 1. The molecule has 4 aromatic rings. The number of fused-ring (bicyclic) bond motifs is 1. The summed E-state index contributed by atoms with van der Waals surface area (Å²) in [6.07, 6.45) is 2.54. The summed E-state index contributed by atoms with van der Waals surface area (Å²) < 4.78 is 0. The van der Waals surface area contributed by atoms with E-state index >= 15 is 0 Å². The predicted molar refractivity (Wildman–Crippen MR) is 129 cm³/mol. The molecule has 33 heavy (non-hydrogen) atoms. The monoisotopic (exact) mass is 436 g/mol. The van der Waals surface area contributed by atoms with E-state index in [1.165, 1.54) is 0 Å². The maximum atomic E-state index is 13.1. The first-order valence-electron chi connectivity index (χ1n) is 11.0. The average molecular weight is 437 g/mol. The molecule has 0 bridgehead atoms. The van der Waals surface area contributed by atoms with Crippen molar-refractivity contribution < 1.29 is 14.7 Å². The van der Waals surface area contributed by atoms with Gasteiger partial charge >= 0.3 is 0 Å². The number of rotatable bonds is 5. The van der Waals surface area contributed by atoms with Crippen molar-refractivity contribution in [1.82, 2.24) is 9.88 Å². The van der Waals surface area contributed by atoms with Gasteiger partial charge in [0.25, 0.3) is 11.7 Å². The Bertz CT molecular complexity index is 1370. The number of carbonyl (C=O) groups is 2. The highest BCUT2D eigenvalue weighted by molar-refractivity contribution is 6.46. The molecule has 164 valence electrons. The van der Waals surface area contributed by atoms with Gasteiger partial charge in [-0.15, -0.1) is 0 Å². The van der Waals surface area contributed by atoms with E-state index in [2.05, 4.69) is 4.98 Å². The fourth-order valence-electron chi connectivity index (χ4n) is 4.54. The van der Waals surface area contributed by atoms with Crippen LogP contribution >= 0.6 is 0 Å². The molecule has 2 heterocycles. The molecule has 0 spiro atoms. The number of aliphatic hydroxyl groups excluding tert-OH is 1. The summed E-state index contributed by atoms with van der Waals surface area (Å²) >= 11 is 0. The summed E-state index contributed by atoms with van der Waals surface area (Å²) in [4.78, 5) is 31.1. The van der Waals surface area contributed by atoms with E-state index < -0.39 is 17.7 Å². The number of Topliss-reactive ketones (excluding diaryl/α,β-unsaturated/α-hetero) is 1. The molecule has 3 aromatic carbocycles. The summed E-state index contributed by atoms with van der Waals surface area (Å²) in [6.45, 7) is 2.35. The van der Waals surface area contributed by atoms with Crippen LogP contribution in [0.2, 0.25) is 0 Å². The number of nitrogens with one attached hydrogen (secondary N) is 1. The number of hydrogen-bond acceptors (Lipinski definition) is 3. The van der Waals surface area contributed by atoms with Gasteiger partial charge < -0.3 is 15.0 Å². The number of likely N-dealkylation sites (tertiary alicyclic amines) is 1. The van der Waals surface area contributed by atoms with Crippen molar-refractivity contribution in [3.63, 3.8) is 0 Å². The van der Waals surface area contributed by atoms with Gasteiger partial charge in [0.05, 0.1) is 11.6 Å². The molecule has 1 saturated heterocycles. The number of nitrogens with zero attached hydrogens (tertiary/aromatic N) is 1. The molecule has 0 saturated carbocycles. The number of amides is 1. The average Bonchev–Trinajstić information content (AvgIpc) is 3.37. The number of hydrogen-bond donors (Lipinski definition) is 2. The van der Waals surface area contributed by atoms with Crippen molar-refractivity contribution in [3.05, 3.63) is 113 Å². The minimum absolute atomic E-state index is 0.133. The van der Waals surface area contributed by atoms with Gasteiger partial charge in [-0.3, -0.25) is 9.59 Å². The van der Waals surface area contributed by atoms with E-state index in [4.69, 9.17) is 0 Å². The minimum Gasteiger partial charge on any atom is -0.507 e. The lowest BCUT2D eigenvalue weighted by Crippen LogP contribution is -2.31. The van der Waals surface area contributed by atoms with Gasteiger partial charge in [0, 0.05) is 29.2 Å². The first-order chi connectivity index (χ1) is 16.0. The zero-order chi connectivity index (χ0) is 22.9. The Morgan fingerprint density at radius 3 is 2.39 bits per heavy atom. The maximum absolute atomic E-state index is 13.1. The number of H-pyrrole nitrogens is 1. The Hall–Kier alpha value is -4.12. The van der Waals surface area contributed by atoms with Gasteiger partial charge in [0.15, 0.2) is 0 Å². The molecule has 0 aliphatic carbocycles. The molecule has 1 aliphatic heterocycles. The highest BCUT2D eigenvalue weighted by atomic mass is 16.3. The van der Waals surface area contributed by atoms with Gasteiger partial charge in [-0.1, -0.05) is 78.4 Å². The highest BCUT2D eigenvalue weighted by Gasteiger charge is 2.45. The van der Waals surface area contributed by atoms with Crippen molar-refractivity contribution in [1.29, 1.82) is 0 Å². The number of aromatic nitrogens is 1. The molecule has 1 aliphatic rings. The predicted octanol–water partition coefficient (Wildman–Crippen LogP) is 5.14.